The molecular formula is C17H23ClO2S. The van der Waals surface area contributed by atoms with Crippen molar-refractivity contribution in [1.29, 1.82) is 0 Å². The lowest BCUT2D eigenvalue weighted by Crippen LogP contribution is -2.48. The molecule has 4 heteroatoms. The smallest absolute Gasteiger partial charge is 0.0912 e. The van der Waals surface area contributed by atoms with Gasteiger partial charge < -0.3 is 9.84 Å². The number of aliphatic hydroxyl groups is 1. The lowest BCUT2D eigenvalue weighted by molar-refractivity contribution is -0.144. The van der Waals surface area contributed by atoms with Gasteiger partial charge in [-0.15, -0.1) is 0 Å². The summed E-state index contributed by atoms with van der Waals surface area (Å²) in [6.07, 6.45) is 4.04. The summed E-state index contributed by atoms with van der Waals surface area (Å²) in [6.45, 7) is 2.66. The van der Waals surface area contributed by atoms with Gasteiger partial charge in [-0.05, 0) is 56.1 Å². The van der Waals surface area contributed by atoms with Gasteiger partial charge >= 0.3 is 0 Å². The predicted molar refractivity (Wildman–Crippen MR) is 89.0 cm³/mol. The maximum atomic E-state index is 11.2. The monoisotopic (exact) mass is 326 g/mol. The van der Waals surface area contributed by atoms with Gasteiger partial charge in [-0.25, -0.2) is 0 Å². The third kappa shape index (κ3) is 3.12. The molecule has 1 spiro atoms. The van der Waals surface area contributed by atoms with Crippen molar-refractivity contribution in [3.63, 3.8) is 0 Å². The van der Waals surface area contributed by atoms with Crippen molar-refractivity contribution >= 4 is 23.4 Å². The van der Waals surface area contributed by atoms with Crippen molar-refractivity contribution in [1.82, 2.24) is 0 Å². The fourth-order valence-electron chi connectivity index (χ4n) is 3.69. The molecule has 2 fully saturated rings. The Hall–Kier alpha value is -0.220. The first-order valence-electron chi connectivity index (χ1n) is 7.73. The molecular weight excluding hydrogens is 304 g/mol. The van der Waals surface area contributed by atoms with E-state index in [4.69, 9.17) is 16.3 Å². The second-order valence-corrected chi connectivity index (χ2v) is 8.09. The fourth-order valence-corrected chi connectivity index (χ4v) is 5.25. The van der Waals surface area contributed by atoms with E-state index in [9.17, 15) is 5.11 Å². The minimum Gasteiger partial charge on any atom is -0.385 e. The summed E-state index contributed by atoms with van der Waals surface area (Å²) < 4.78 is 6.14. The van der Waals surface area contributed by atoms with Crippen LogP contribution >= 0.6 is 23.4 Å². The van der Waals surface area contributed by atoms with Crippen molar-refractivity contribution < 1.29 is 9.84 Å². The second kappa shape index (κ2) is 6.11. The number of hydrogen-bond acceptors (Lipinski definition) is 3. The predicted octanol–water partition coefficient (Wildman–Crippen LogP) is 4.24. The lowest BCUT2D eigenvalue weighted by atomic mass is 9.72. The van der Waals surface area contributed by atoms with Gasteiger partial charge in [-0.2, -0.15) is 11.8 Å². The van der Waals surface area contributed by atoms with Crippen LogP contribution in [0.5, 0.6) is 0 Å². The van der Waals surface area contributed by atoms with Gasteiger partial charge in [0.25, 0.3) is 0 Å². The largest absolute Gasteiger partial charge is 0.385 e. The summed E-state index contributed by atoms with van der Waals surface area (Å²) in [6, 6.07) is 7.66. The Labute approximate surface area is 136 Å². The molecule has 0 aromatic heterocycles. The minimum absolute atomic E-state index is 0.0145. The van der Waals surface area contributed by atoms with Crippen LogP contribution in [-0.4, -0.2) is 28.8 Å². The van der Waals surface area contributed by atoms with Crippen molar-refractivity contribution in [2.75, 3.05) is 18.1 Å². The Morgan fingerprint density at radius 1 is 1.33 bits per heavy atom. The van der Waals surface area contributed by atoms with Crippen molar-refractivity contribution in [3.8, 4) is 0 Å². The van der Waals surface area contributed by atoms with Crippen LogP contribution < -0.4 is 0 Å². The topological polar surface area (TPSA) is 29.5 Å². The number of thioether (sulfide) groups is 1. The SMILES string of the molecule is CC(O)(c1ccccc1Cl)C1CCOC2(CCSCC2)C1. The summed E-state index contributed by atoms with van der Waals surface area (Å²) in [5.74, 6) is 2.54. The maximum absolute atomic E-state index is 11.2. The highest BCUT2D eigenvalue weighted by molar-refractivity contribution is 7.99. The molecule has 21 heavy (non-hydrogen) atoms. The highest BCUT2D eigenvalue weighted by atomic mass is 35.5. The number of benzene rings is 1. The standard InChI is InChI=1S/C17H23ClO2S/c1-16(19,14-4-2-3-5-15(14)18)13-6-9-20-17(12-13)7-10-21-11-8-17/h2-5,13,19H,6-12H2,1H3. The van der Waals surface area contributed by atoms with Crippen LogP contribution in [0.2, 0.25) is 5.02 Å². The molecule has 2 heterocycles. The molecule has 2 aliphatic rings. The van der Waals surface area contributed by atoms with Crippen LogP contribution in [0.3, 0.4) is 0 Å². The molecule has 2 saturated heterocycles. The second-order valence-electron chi connectivity index (χ2n) is 6.46. The molecule has 0 amide bonds. The molecule has 0 bridgehead atoms. The summed E-state index contributed by atoms with van der Waals surface area (Å²) in [5.41, 5.74) is -0.0574. The number of halogens is 1. The molecule has 0 saturated carbocycles. The first kappa shape index (κ1) is 15.7. The Bertz CT molecular complexity index is 492. The maximum Gasteiger partial charge on any atom is 0.0912 e. The molecule has 1 aromatic rings. The quantitative estimate of drug-likeness (QED) is 0.881. The van der Waals surface area contributed by atoms with Crippen LogP contribution in [0.4, 0.5) is 0 Å². The normalized spacial score (nSPS) is 28.2. The van der Waals surface area contributed by atoms with Crippen molar-refractivity contribution in [2.24, 2.45) is 5.92 Å². The zero-order chi connectivity index (χ0) is 14.9. The number of ether oxygens (including phenoxy) is 1. The Morgan fingerprint density at radius 2 is 2.05 bits per heavy atom. The van der Waals surface area contributed by atoms with Crippen LogP contribution in [0.1, 0.15) is 38.2 Å². The average Bonchev–Trinajstić information content (AvgIpc) is 2.48. The molecule has 3 rings (SSSR count). The fraction of sp³-hybridized carbons (Fsp3) is 0.647. The van der Waals surface area contributed by atoms with E-state index in [1.165, 1.54) is 11.5 Å². The van der Waals surface area contributed by atoms with Gasteiger partial charge in [0, 0.05) is 17.2 Å². The van der Waals surface area contributed by atoms with Gasteiger partial charge in [-0.3, -0.25) is 0 Å². The van der Waals surface area contributed by atoms with Crippen LogP contribution in [0, 0.1) is 5.92 Å². The zero-order valence-corrected chi connectivity index (χ0v) is 14.1. The third-order valence-corrected chi connectivity index (χ3v) is 6.43. The first-order chi connectivity index (χ1) is 10.0. The van der Waals surface area contributed by atoms with Gasteiger partial charge in [0.2, 0.25) is 0 Å². The van der Waals surface area contributed by atoms with E-state index in [0.29, 0.717) is 5.02 Å². The van der Waals surface area contributed by atoms with E-state index in [1.54, 1.807) is 0 Å². The van der Waals surface area contributed by atoms with Crippen LogP contribution in [0.25, 0.3) is 0 Å². The molecule has 2 atom stereocenters. The van der Waals surface area contributed by atoms with Crippen LogP contribution in [0.15, 0.2) is 24.3 Å². The lowest BCUT2D eigenvalue weighted by Gasteiger charge is -2.47. The van der Waals surface area contributed by atoms with Gasteiger partial charge in [-0.1, -0.05) is 29.8 Å². The van der Waals surface area contributed by atoms with E-state index in [1.807, 2.05) is 43.0 Å². The summed E-state index contributed by atoms with van der Waals surface area (Å²) in [4.78, 5) is 0. The van der Waals surface area contributed by atoms with Gasteiger partial charge in [0.05, 0.1) is 11.2 Å². The Balaban J connectivity index is 1.83. The molecule has 0 aliphatic carbocycles. The number of hydrogen-bond donors (Lipinski definition) is 1. The van der Waals surface area contributed by atoms with E-state index in [-0.39, 0.29) is 11.5 Å². The molecule has 1 N–H and O–H groups in total. The average molecular weight is 327 g/mol. The molecule has 2 nitrogen and oxygen atoms in total. The van der Waals surface area contributed by atoms with Gasteiger partial charge in [0.15, 0.2) is 0 Å². The van der Waals surface area contributed by atoms with Crippen LogP contribution in [-0.2, 0) is 10.3 Å². The molecule has 2 aliphatic heterocycles. The molecule has 0 radical (unpaired) electrons. The minimum atomic E-state index is -0.889. The van der Waals surface area contributed by atoms with Crippen molar-refractivity contribution in [2.45, 2.75) is 43.8 Å². The van der Waals surface area contributed by atoms with Gasteiger partial charge in [0.1, 0.15) is 0 Å². The summed E-state index contributed by atoms with van der Waals surface area (Å²) >= 11 is 8.32. The highest BCUT2D eigenvalue weighted by Gasteiger charge is 2.45. The third-order valence-electron chi connectivity index (χ3n) is 5.11. The molecule has 116 valence electrons. The molecule has 1 aromatic carbocycles. The van der Waals surface area contributed by atoms with Crippen molar-refractivity contribution in [3.05, 3.63) is 34.9 Å². The summed E-state index contributed by atoms with van der Waals surface area (Å²) in [5, 5.41) is 11.8. The van der Waals surface area contributed by atoms with E-state index in [2.05, 4.69) is 0 Å². The van der Waals surface area contributed by atoms with E-state index in [0.717, 1.165) is 37.9 Å². The zero-order valence-electron chi connectivity index (χ0n) is 12.5. The summed E-state index contributed by atoms with van der Waals surface area (Å²) in [7, 11) is 0. The number of rotatable bonds is 2. The van der Waals surface area contributed by atoms with E-state index >= 15 is 0 Å². The van der Waals surface area contributed by atoms with E-state index < -0.39 is 5.60 Å². The Kier molecular flexibility index (Phi) is 4.56. The molecule has 2 unspecified atom stereocenters. The highest BCUT2D eigenvalue weighted by Crippen LogP contribution is 2.46. The first-order valence-corrected chi connectivity index (χ1v) is 9.26. The Morgan fingerprint density at radius 3 is 2.76 bits per heavy atom.